The number of rotatable bonds is 9. The summed E-state index contributed by atoms with van der Waals surface area (Å²) in [5.74, 6) is -0.667. The summed E-state index contributed by atoms with van der Waals surface area (Å²) in [7, 11) is 0. The number of anilines is 1. The van der Waals surface area contributed by atoms with Gasteiger partial charge >= 0.3 is 0 Å². The van der Waals surface area contributed by atoms with Crippen LogP contribution in [-0.2, 0) is 11.3 Å². The fourth-order valence-electron chi connectivity index (χ4n) is 3.52. The van der Waals surface area contributed by atoms with Gasteiger partial charge in [0.2, 0.25) is 5.91 Å². The smallest absolute Gasteiger partial charge is 0.254 e. The van der Waals surface area contributed by atoms with Crippen molar-refractivity contribution in [2.24, 2.45) is 0 Å². The molecule has 3 aromatic rings. The first-order valence-corrected chi connectivity index (χ1v) is 12.2. The molecule has 0 aliphatic carbocycles. The van der Waals surface area contributed by atoms with E-state index in [0.717, 1.165) is 16.8 Å². The Bertz CT molecular complexity index is 1180. The summed E-state index contributed by atoms with van der Waals surface area (Å²) in [6, 6.07) is 11.3. The molecule has 0 saturated carbocycles. The summed E-state index contributed by atoms with van der Waals surface area (Å²) in [6.45, 7) is 10.2. The predicted molar refractivity (Wildman–Crippen MR) is 132 cm³/mol. The molecule has 9 heteroatoms. The molecule has 0 aliphatic rings. The molecule has 2 N–H and O–H groups in total. The van der Waals surface area contributed by atoms with Crippen molar-refractivity contribution in [2.45, 2.75) is 64.0 Å². The van der Waals surface area contributed by atoms with E-state index >= 15 is 0 Å². The molecule has 7 nitrogen and oxygen atoms in total. The first kappa shape index (κ1) is 25.4. The van der Waals surface area contributed by atoms with Crippen LogP contribution in [0, 0.1) is 19.7 Å². The molecule has 2 aromatic carbocycles. The van der Waals surface area contributed by atoms with Crippen molar-refractivity contribution in [1.29, 1.82) is 0 Å². The molecular weight excluding hydrogens is 453 g/mol. The minimum Gasteiger partial charge on any atom is -0.342 e. The summed E-state index contributed by atoms with van der Waals surface area (Å²) in [4.78, 5) is 25.5. The number of hydrogen-bond acceptors (Lipinski definition) is 5. The van der Waals surface area contributed by atoms with Gasteiger partial charge in [-0.1, -0.05) is 43.0 Å². The molecule has 0 unspecified atom stereocenters. The van der Waals surface area contributed by atoms with Gasteiger partial charge in [0, 0.05) is 12.2 Å². The molecule has 0 spiro atoms. The van der Waals surface area contributed by atoms with Crippen molar-refractivity contribution in [3.63, 3.8) is 0 Å². The van der Waals surface area contributed by atoms with E-state index in [9.17, 15) is 14.0 Å². The Morgan fingerprint density at radius 1 is 1.12 bits per heavy atom. The maximum Gasteiger partial charge on any atom is 0.254 e. The van der Waals surface area contributed by atoms with E-state index < -0.39 is 17.8 Å². The van der Waals surface area contributed by atoms with Gasteiger partial charge < -0.3 is 15.2 Å². The average molecular weight is 484 g/mol. The third-order valence-electron chi connectivity index (χ3n) is 5.48. The van der Waals surface area contributed by atoms with Gasteiger partial charge in [0.15, 0.2) is 11.0 Å². The molecule has 180 valence electrons. The van der Waals surface area contributed by atoms with Gasteiger partial charge in [0.25, 0.3) is 5.91 Å². The number of carbonyl (C=O) groups is 2. The number of benzene rings is 2. The molecule has 34 heavy (non-hydrogen) atoms. The van der Waals surface area contributed by atoms with Gasteiger partial charge in [-0.25, -0.2) is 4.39 Å². The van der Waals surface area contributed by atoms with Crippen LogP contribution in [0.4, 0.5) is 10.1 Å². The quantitative estimate of drug-likeness (QED) is 0.416. The number of amides is 2. The second kappa shape index (κ2) is 11.3. The number of nitrogens with zero attached hydrogens (tertiary/aromatic N) is 3. The van der Waals surface area contributed by atoms with E-state index in [4.69, 9.17) is 0 Å². The molecular formula is C25H30FN5O2S. The Morgan fingerprint density at radius 3 is 2.53 bits per heavy atom. The van der Waals surface area contributed by atoms with E-state index in [-0.39, 0.29) is 16.7 Å². The van der Waals surface area contributed by atoms with Crippen molar-refractivity contribution in [2.75, 3.05) is 5.32 Å². The first-order valence-electron chi connectivity index (χ1n) is 11.3. The third kappa shape index (κ3) is 5.83. The van der Waals surface area contributed by atoms with E-state index in [1.807, 2.05) is 50.5 Å². The van der Waals surface area contributed by atoms with Crippen molar-refractivity contribution in [3.05, 3.63) is 70.8 Å². The van der Waals surface area contributed by atoms with E-state index in [0.29, 0.717) is 23.9 Å². The van der Waals surface area contributed by atoms with Crippen LogP contribution >= 0.6 is 11.8 Å². The highest BCUT2D eigenvalue weighted by atomic mass is 32.2. The van der Waals surface area contributed by atoms with Gasteiger partial charge in [-0.05, 0) is 63.4 Å². The normalized spacial score (nSPS) is 12.8. The van der Waals surface area contributed by atoms with Crippen molar-refractivity contribution < 1.29 is 14.0 Å². The molecule has 0 saturated heterocycles. The highest BCUT2D eigenvalue weighted by Gasteiger charge is 2.25. The molecule has 0 radical (unpaired) electrons. The first-order chi connectivity index (χ1) is 16.2. The summed E-state index contributed by atoms with van der Waals surface area (Å²) in [6.07, 6.45) is 0.604. The zero-order valence-electron chi connectivity index (χ0n) is 20.1. The fourth-order valence-corrected chi connectivity index (χ4v) is 4.55. The van der Waals surface area contributed by atoms with Gasteiger partial charge in [0.05, 0.1) is 16.9 Å². The topological polar surface area (TPSA) is 88.9 Å². The predicted octanol–water partition coefficient (Wildman–Crippen LogP) is 5.05. The van der Waals surface area contributed by atoms with E-state index in [2.05, 4.69) is 20.8 Å². The van der Waals surface area contributed by atoms with Gasteiger partial charge in [-0.15, -0.1) is 10.2 Å². The van der Waals surface area contributed by atoms with Crippen LogP contribution < -0.4 is 10.6 Å². The molecule has 2 atom stereocenters. The summed E-state index contributed by atoms with van der Waals surface area (Å²) < 4.78 is 15.8. The van der Waals surface area contributed by atoms with Crippen molar-refractivity contribution in [1.82, 2.24) is 20.1 Å². The molecule has 0 bridgehead atoms. The largest absolute Gasteiger partial charge is 0.342 e. The SMILES string of the molecule is CC[C@@H](Sc1nnc([C@H](C)NC(=O)c2ccccc2F)n1CC)C(=O)Nc1cc(C)ccc1C. The minimum absolute atomic E-state index is 0.0272. The Hall–Kier alpha value is -3.20. The number of hydrogen-bond donors (Lipinski definition) is 2. The number of thioether (sulfide) groups is 1. The molecule has 1 heterocycles. The number of halogens is 1. The number of carbonyl (C=O) groups excluding carboxylic acids is 2. The molecule has 0 aliphatic heterocycles. The van der Waals surface area contributed by atoms with Crippen LogP contribution in [0.2, 0.25) is 0 Å². The van der Waals surface area contributed by atoms with E-state index in [1.54, 1.807) is 13.0 Å². The molecule has 0 fully saturated rings. The maximum atomic E-state index is 14.0. The molecule has 3 rings (SSSR count). The Kier molecular flexibility index (Phi) is 8.44. The zero-order valence-corrected chi connectivity index (χ0v) is 20.9. The number of nitrogens with one attached hydrogen (secondary N) is 2. The second-order valence-corrected chi connectivity index (χ2v) is 9.25. The van der Waals surface area contributed by atoms with Crippen LogP contribution in [0.15, 0.2) is 47.6 Å². The lowest BCUT2D eigenvalue weighted by Gasteiger charge is -2.18. The van der Waals surface area contributed by atoms with Crippen LogP contribution in [0.1, 0.15) is 60.5 Å². The summed E-state index contributed by atoms with van der Waals surface area (Å²) >= 11 is 1.34. The van der Waals surface area contributed by atoms with Crippen molar-refractivity contribution >= 4 is 29.3 Å². The Morgan fingerprint density at radius 2 is 1.85 bits per heavy atom. The summed E-state index contributed by atoms with van der Waals surface area (Å²) in [5, 5.41) is 14.6. The van der Waals surface area contributed by atoms with Crippen LogP contribution in [0.3, 0.4) is 0 Å². The number of aromatic nitrogens is 3. The minimum atomic E-state index is -0.582. The Balaban J connectivity index is 1.74. The number of aryl methyl sites for hydroxylation is 2. The van der Waals surface area contributed by atoms with Crippen LogP contribution in [0.5, 0.6) is 0 Å². The van der Waals surface area contributed by atoms with E-state index in [1.165, 1.54) is 30.0 Å². The fraction of sp³-hybridized carbons (Fsp3) is 0.360. The standard InChI is InChI=1S/C25H30FN5O2S/c1-6-21(24(33)28-20-14-15(3)12-13-16(20)4)34-25-30-29-22(31(25)7-2)17(5)27-23(32)18-10-8-9-11-19(18)26/h8-14,17,21H,6-7H2,1-5H3,(H,27,32)(H,28,33)/t17-,21+/m0/s1. The van der Waals surface area contributed by atoms with Gasteiger partial charge in [-0.2, -0.15) is 0 Å². The highest BCUT2D eigenvalue weighted by molar-refractivity contribution is 8.00. The monoisotopic (exact) mass is 483 g/mol. The van der Waals surface area contributed by atoms with Gasteiger partial charge in [0.1, 0.15) is 5.82 Å². The van der Waals surface area contributed by atoms with Crippen molar-refractivity contribution in [3.8, 4) is 0 Å². The zero-order chi connectivity index (χ0) is 24.8. The molecule has 2 amide bonds. The average Bonchev–Trinajstić information content (AvgIpc) is 3.22. The lowest BCUT2D eigenvalue weighted by molar-refractivity contribution is -0.115. The maximum absolute atomic E-state index is 14.0. The highest BCUT2D eigenvalue weighted by Crippen LogP contribution is 2.28. The third-order valence-corrected chi connectivity index (χ3v) is 6.82. The summed E-state index contributed by atoms with van der Waals surface area (Å²) in [5.41, 5.74) is 2.84. The molecule has 1 aromatic heterocycles. The van der Waals surface area contributed by atoms with Gasteiger partial charge in [-0.3, -0.25) is 9.59 Å². The Labute approximate surface area is 203 Å². The lowest BCUT2D eigenvalue weighted by atomic mass is 10.1. The van der Waals surface area contributed by atoms with Crippen LogP contribution in [0.25, 0.3) is 0 Å². The lowest BCUT2D eigenvalue weighted by Crippen LogP contribution is -2.29. The van der Waals surface area contributed by atoms with Crippen LogP contribution in [-0.4, -0.2) is 31.8 Å². The second-order valence-electron chi connectivity index (χ2n) is 8.08.